The molecule has 0 aliphatic carbocycles. The van der Waals surface area contributed by atoms with Gasteiger partial charge in [0.15, 0.2) is 0 Å². The lowest BCUT2D eigenvalue weighted by atomic mass is 9.86. The topological polar surface area (TPSA) is 21.3 Å². The molecule has 17 heavy (non-hydrogen) atoms. The van der Waals surface area contributed by atoms with E-state index in [0.29, 0.717) is 5.75 Å². The standard InChI is InChI=1S/C14H20FNO/c1-4-14(3)9-12(16-5-2)11-7-6-10(15)8-13(11)17-14/h6-8,12,16H,4-5,9H2,1-3H3. The lowest BCUT2D eigenvalue weighted by Crippen LogP contribution is -2.41. The van der Waals surface area contributed by atoms with Crippen LogP contribution in [0, 0.1) is 5.82 Å². The van der Waals surface area contributed by atoms with Gasteiger partial charge in [-0.3, -0.25) is 0 Å². The summed E-state index contributed by atoms with van der Waals surface area (Å²) in [5.41, 5.74) is 0.868. The van der Waals surface area contributed by atoms with Crippen molar-refractivity contribution in [3.05, 3.63) is 29.6 Å². The normalized spacial score (nSPS) is 27.4. The first-order valence-electron chi connectivity index (χ1n) is 6.30. The molecule has 2 nitrogen and oxygen atoms in total. The molecule has 0 saturated heterocycles. The van der Waals surface area contributed by atoms with Gasteiger partial charge in [0.1, 0.15) is 17.2 Å². The zero-order valence-electron chi connectivity index (χ0n) is 10.7. The molecule has 0 fully saturated rings. The predicted molar refractivity (Wildman–Crippen MR) is 66.8 cm³/mol. The van der Waals surface area contributed by atoms with Gasteiger partial charge in [0, 0.05) is 24.1 Å². The van der Waals surface area contributed by atoms with E-state index in [9.17, 15) is 4.39 Å². The smallest absolute Gasteiger partial charge is 0.127 e. The molecular formula is C14H20FNO. The van der Waals surface area contributed by atoms with E-state index in [2.05, 4.69) is 26.1 Å². The quantitative estimate of drug-likeness (QED) is 0.869. The van der Waals surface area contributed by atoms with E-state index < -0.39 is 0 Å². The van der Waals surface area contributed by atoms with Crippen LogP contribution in [0.1, 0.15) is 45.2 Å². The van der Waals surface area contributed by atoms with Crippen molar-refractivity contribution in [2.75, 3.05) is 6.54 Å². The summed E-state index contributed by atoms with van der Waals surface area (Å²) in [7, 11) is 0. The number of ether oxygens (including phenoxy) is 1. The van der Waals surface area contributed by atoms with E-state index in [1.165, 1.54) is 12.1 Å². The van der Waals surface area contributed by atoms with Gasteiger partial charge in [0.05, 0.1) is 0 Å². The summed E-state index contributed by atoms with van der Waals surface area (Å²) in [6.07, 6.45) is 1.85. The molecule has 94 valence electrons. The Labute approximate surface area is 102 Å². The molecule has 1 aliphatic rings. The van der Waals surface area contributed by atoms with Crippen molar-refractivity contribution < 1.29 is 9.13 Å². The Bertz CT molecular complexity index is 407. The molecule has 0 saturated carbocycles. The Morgan fingerprint density at radius 3 is 2.88 bits per heavy atom. The van der Waals surface area contributed by atoms with Gasteiger partial charge < -0.3 is 10.1 Å². The highest BCUT2D eigenvalue weighted by molar-refractivity contribution is 5.39. The third-order valence-corrected chi connectivity index (χ3v) is 3.54. The maximum Gasteiger partial charge on any atom is 0.127 e. The third kappa shape index (κ3) is 2.44. The summed E-state index contributed by atoms with van der Waals surface area (Å²) in [4.78, 5) is 0. The first kappa shape index (κ1) is 12.4. The van der Waals surface area contributed by atoms with Crippen LogP contribution in [0.25, 0.3) is 0 Å². The SMILES string of the molecule is CCNC1CC(C)(CC)Oc2cc(F)ccc21. The second kappa shape index (κ2) is 4.65. The van der Waals surface area contributed by atoms with Gasteiger partial charge in [-0.05, 0) is 26.0 Å². The van der Waals surface area contributed by atoms with Crippen LogP contribution in [0.15, 0.2) is 18.2 Å². The Morgan fingerprint density at radius 1 is 1.47 bits per heavy atom. The Hall–Kier alpha value is -1.09. The fourth-order valence-electron chi connectivity index (χ4n) is 2.38. The number of halogens is 1. The van der Waals surface area contributed by atoms with Crippen molar-refractivity contribution in [1.82, 2.24) is 5.32 Å². The number of hydrogen-bond acceptors (Lipinski definition) is 2. The van der Waals surface area contributed by atoms with Crippen LogP contribution in [0.4, 0.5) is 4.39 Å². The first-order valence-corrected chi connectivity index (χ1v) is 6.30. The minimum absolute atomic E-state index is 0.201. The fraction of sp³-hybridized carbons (Fsp3) is 0.571. The second-order valence-electron chi connectivity index (χ2n) is 4.90. The number of hydrogen-bond donors (Lipinski definition) is 1. The Kier molecular flexibility index (Phi) is 3.38. The molecule has 0 spiro atoms. The highest BCUT2D eigenvalue weighted by atomic mass is 19.1. The molecule has 0 amide bonds. The van der Waals surface area contributed by atoms with Crippen LogP contribution in [0.3, 0.4) is 0 Å². The van der Waals surface area contributed by atoms with Crippen molar-refractivity contribution in [2.45, 2.75) is 45.3 Å². The predicted octanol–water partition coefficient (Wildman–Crippen LogP) is 3.43. The molecule has 0 aromatic heterocycles. The fourth-order valence-corrected chi connectivity index (χ4v) is 2.38. The highest BCUT2D eigenvalue weighted by Crippen LogP contribution is 2.41. The van der Waals surface area contributed by atoms with E-state index in [4.69, 9.17) is 4.74 Å². The largest absolute Gasteiger partial charge is 0.487 e. The van der Waals surface area contributed by atoms with Gasteiger partial charge in [-0.15, -0.1) is 0 Å². The van der Waals surface area contributed by atoms with Crippen molar-refractivity contribution in [1.29, 1.82) is 0 Å². The van der Waals surface area contributed by atoms with Crippen LogP contribution >= 0.6 is 0 Å². The number of fused-ring (bicyclic) bond motifs is 1. The first-order chi connectivity index (χ1) is 8.08. The summed E-state index contributed by atoms with van der Waals surface area (Å²) < 4.78 is 19.2. The van der Waals surface area contributed by atoms with Gasteiger partial charge in [-0.2, -0.15) is 0 Å². The molecule has 0 radical (unpaired) electrons. The number of nitrogens with one attached hydrogen (secondary N) is 1. The molecule has 3 heteroatoms. The van der Waals surface area contributed by atoms with Gasteiger partial charge in [-0.25, -0.2) is 4.39 Å². The highest BCUT2D eigenvalue weighted by Gasteiger charge is 2.35. The Balaban J connectivity index is 2.38. The van der Waals surface area contributed by atoms with Crippen LogP contribution in [-0.2, 0) is 0 Å². The number of benzene rings is 1. The molecule has 1 aromatic rings. The summed E-state index contributed by atoms with van der Waals surface area (Å²) in [6, 6.07) is 5.08. The second-order valence-corrected chi connectivity index (χ2v) is 4.90. The minimum Gasteiger partial charge on any atom is -0.487 e. The Morgan fingerprint density at radius 2 is 2.24 bits per heavy atom. The van der Waals surface area contributed by atoms with Gasteiger partial charge >= 0.3 is 0 Å². The molecule has 2 rings (SSSR count). The van der Waals surface area contributed by atoms with Crippen LogP contribution in [0.2, 0.25) is 0 Å². The van der Waals surface area contributed by atoms with E-state index in [1.807, 2.05) is 6.07 Å². The van der Waals surface area contributed by atoms with E-state index >= 15 is 0 Å². The lowest BCUT2D eigenvalue weighted by Gasteiger charge is -2.39. The summed E-state index contributed by atoms with van der Waals surface area (Å²) in [5, 5.41) is 3.45. The monoisotopic (exact) mass is 237 g/mol. The molecule has 0 bridgehead atoms. The zero-order valence-corrected chi connectivity index (χ0v) is 10.7. The van der Waals surface area contributed by atoms with Crippen molar-refractivity contribution >= 4 is 0 Å². The summed E-state index contributed by atoms with van der Waals surface area (Å²) in [6.45, 7) is 7.18. The maximum atomic E-state index is 13.3. The maximum absolute atomic E-state index is 13.3. The average Bonchev–Trinajstić information content (AvgIpc) is 2.28. The number of rotatable bonds is 3. The van der Waals surface area contributed by atoms with E-state index in [1.54, 1.807) is 0 Å². The van der Waals surface area contributed by atoms with Crippen LogP contribution in [-0.4, -0.2) is 12.1 Å². The summed E-state index contributed by atoms with van der Waals surface area (Å²) in [5.74, 6) is 0.450. The third-order valence-electron chi connectivity index (χ3n) is 3.54. The molecule has 1 aromatic carbocycles. The van der Waals surface area contributed by atoms with Gasteiger partial charge in [0.2, 0.25) is 0 Å². The average molecular weight is 237 g/mol. The van der Waals surface area contributed by atoms with Crippen molar-refractivity contribution in [2.24, 2.45) is 0 Å². The van der Waals surface area contributed by atoms with E-state index in [0.717, 1.165) is 24.9 Å². The van der Waals surface area contributed by atoms with Crippen LogP contribution < -0.4 is 10.1 Å². The zero-order chi connectivity index (χ0) is 12.5. The van der Waals surface area contributed by atoms with Crippen molar-refractivity contribution in [3.63, 3.8) is 0 Å². The minimum atomic E-state index is -0.237. The van der Waals surface area contributed by atoms with Gasteiger partial charge in [-0.1, -0.05) is 19.9 Å². The summed E-state index contributed by atoms with van der Waals surface area (Å²) >= 11 is 0. The molecule has 2 atom stereocenters. The van der Waals surface area contributed by atoms with Crippen LogP contribution in [0.5, 0.6) is 5.75 Å². The molecular weight excluding hydrogens is 217 g/mol. The molecule has 1 aliphatic heterocycles. The molecule has 1 heterocycles. The molecule has 1 N–H and O–H groups in total. The molecule has 2 unspecified atom stereocenters. The van der Waals surface area contributed by atoms with Gasteiger partial charge in [0.25, 0.3) is 0 Å². The van der Waals surface area contributed by atoms with E-state index in [-0.39, 0.29) is 17.5 Å². The van der Waals surface area contributed by atoms with Crippen molar-refractivity contribution in [3.8, 4) is 5.75 Å². The lowest BCUT2D eigenvalue weighted by molar-refractivity contribution is 0.0442.